The van der Waals surface area contributed by atoms with E-state index in [9.17, 15) is 9.59 Å². The molecule has 1 aliphatic heterocycles. The number of halogens is 1. The van der Waals surface area contributed by atoms with E-state index in [-0.39, 0.29) is 24.1 Å². The van der Waals surface area contributed by atoms with Crippen LogP contribution in [0.5, 0.6) is 5.75 Å². The fraction of sp³-hybridized carbons (Fsp3) is 0.115. The highest BCUT2D eigenvalue weighted by Crippen LogP contribution is 2.34. The number of hydrogen-bond acceptors (Lipinski definition) is 5. The lowest BCUT2D eigenvalue weighted by molar-refractivity contribution is -0.127. The average molecular weight is 474 g/mol. The Morgan fingerprint density at radius 3 is 2.53 bits per heavy atom. The number of carbonyl (C=O) groups is 2. The first-order valence-corrected chi connectivity index (χ1v) is 11.1. The number of aromatic nitrogens is 1. The maximum atomic E-state index is 13.4. The van der Waals surface area contributed by atoms with Crippen LogP contribution in [0.1, 0.15) is 16.1 Å². The molecule has 4 aromatic rings. The molecule has 0 saturated carbocycles. The summed E-state index contributed by atoms with van der Waals surface area (Å²) in [5.74, 6) is 0.195. The van der Waals surface area contributed by atoms with Gasteiger partial charge in [0.25, 0.3) is 11.8 Å². The lowest BCUT2D eigenvalue weighted by atomic mass is 10.1. The van der Waals surface area contributed by atoms with E-state index in [1.807, 2.05) is 30.3 Å². The molecule has 0 radical (unpaired) electrons. The van der Waals surface area contributed by atoms with Gasteiger partial charge in [-0.3, -0.25) is 14.5 Å². The molecule has 0 bridgehead atoms. The zero-order chi connectivity index (χ0) is 23.5. The van der Waals surface area contributed by atoms with Crippen molar-refractivity contribution in [3.05, 3.63) is 101 Å². The molecule has 2 heterocycles. The van der Waals surface area contributed by atoms with Gasteiger partial charge < -0.3 is 14.6 Å². The second-order valence-electron chi connectivity index (χ2n) is 7.78. The molecule has 5 rings (SSSR count). The molecule has 1 N–H and O–H groups in total. The summed E-state index contributed by atoms with van der Waals surface area (Å²) in [7, 11) is 0. The Hall–Kier alpha value is -4.10. The van der Waals surface area contributed by atoms with Crippen LogP contribution in [0.15, 0.2) is 89.5 Å². The molecular weight excluding hydrogens is 454 g/mol. The number of fused-ring (bicyclic) bond motifs is 1. The normalized spacial score (nSPS) is 14.7. The first-order chi connectivity index (χ1) is 16.6. The highest BCUT2D eigenvalue weighted by atomic mass is 35.5. The van der Waals surface area contributed by atoms with Crippen molar-refractivity contribution in [1.29, 1.82) is 0 Å². The zero-order valence-electron chi connectivity index (χ0n) is 18.0. The van der Waals surface area contributed by atoms with Crippen molar-refractivity contribution in [2.75, 3.05) is 11.4 Å². The zero-order valence-corrected chi connectivity index (χ0v) is 18.7. The number of para-hydroxylation sites is 2. The highest BCUT2D eigenvalue weighted by molar-refractivity contribution is 6.30. The van der Waals surface area contributed by atoms with E-state index in [4.69, 9.17) is 20.9 Å². The van der Waals surface area contributed by atoms with Crippen LogP contribution in [0.25, 0.3) is 11.3 Å². The molecule has 1 aromatic heterocycles. The van der Waals surface area contributed by atoms with Gasteiger partial charge in [-0.15, -0.1) is 0 Å². The van der Waals surface area contributed by atoms with E-state index in [2.05, 4.69) is 10.5 Å². The number of ether oxygens (including phenoxy) is 1. The number of amides is 2. The van der Waals surface area contributed by atoms with Gasteiger partial charge in [-0.25, -0.2) is 0 Å². The van der Waals surface area contributed by atoms with E-state index >= 15 is 0 Å². The standard InChI is InChI=1S/C26H20ClN3O4/c27-19-12-10-18(11-13-19)23-14-20(29-34-23)26(32)30-16-24(33-22-9-5-4-8-21(22)30)25(31)28-15-17-6-2-1-3-7-17/h1-14,24H,15-16H2,(H,28,31)/t24-/m1/s1. The predicted molar refractivity (Wildman–Crippen MR) is 128 cm³/mol. The third kappa shape index (κ3) is 4.51. The number of anilines is 1. The van der Waals surface area contributed by atoms with E-state index < -0.39 is 6.10 Å². The number of rotatable bonds is 5. The number of nitrogens with one attached hydrogen (secondary N) is 1. The molecular formula is C26H20ClN3O4. The van der Waals surface area contributed by atoms with E-state index in [0.717, 1.165) is 11.1 Å². The molecule has 170 valence electrons. The van der Waals surface area contributed by atoms with Crippen LogP contribution in [0.3, 0.4) is 0 Å². The van der Waals surface area contributed by atoms with Crippen LogP contribution in [-0.4, -0.2) is 29.6 Å². The van der Waals surface area contributed by atoms with E-state index in [0.29, 0.717) is 28.8 Å². The maximum absolute atomic E-state index is 13.4. The maximum Gasteiger partial charge on any atom is 0.280 e. The Kier molecular flexibility index (Phi) is 6.01. The summed E-state index contributed by atoms with van der Waals surface area (Å²) in [5, 5.41) is 7.45. The molecule has 2 amide bonds. The Morgan fingerprint density at radius 2 is 1.74 bits per heavy atom. The summed E-state index contributed by atoms with van der Waals surface area (Å²) in [6.07, 6.45) is -0.870. The van der Waals surface area contributed by atoms with Crippen molar-refractivity contribution in [3.63, 3.8) is 0 Å². The minimum atomic E-state index is -0.870. The quantitative estimate of drug-likeness (QED) is 0.453. The molecule has 34 heavy (non-hydrogen) atoms. The van der Waals surface area contributed by atoms with Gasteiger partial charge in [0.05, 0.1) is 12.2 Å². The van der Waals surface area contributed by atoms with E-state index in [1.54, 1.807) is 54.6 Å². The van der Waals surface area contributed by atoms with Crippen molar-refractivity contribution in [2.24, 2.45) is 0 Å². The first-order valence-electron chi connectivity index (χ1n) is 10.7. The van der Waals surface area contributed by atoms with Crippen LogP contribution in [-0.2, 0) is 11.3 Å². The Bertz CT molecular complexity index is 1320. The average Bonchev–Trinajstić information content (AvgIpc) is 3.37. The summed E-state index contributed by atoms with van der Waals surface area (Å²) in [4.78, 5) is 27.8. The number of carbonyl (C=O) groups excluding carboxylic acids is 2. The molecule has 1 aliphatic rings. The van der Waals surface area contributed by atoms with Crippen LogP contribution in [0.4, 0.5) is 5.69 Å². The molecule has 8 heteroatoms. The highest BCUT2D eigenvalue weighted by Gasteiger charge is 2.35. The van der Waals surface area contributed by atoms with Crippen molar-refractivity contribution in [1.82, 2.24) is 10.5 Å². The van der Waals surface area contributed by atoms with Crippen molar-refractivity contribution in [3.8, 4) is 17.1 Å². The van der Waals surface area contributed by atoms with Gasteiger partial charge in [0, 0.05) is 23.2 Å². The first kappa shape index (κ1) is 21.7. The largest absolute Gasteiger partial charge is 0.477 e. The lowest BCUT2D eigenvalue weighted by Crippen LogP contribution is -2.50. The summed E-state index contributed by atoms with van der Waals surface area (Å²) in [5.41, 5.74) is 2.41. The fourth-order valence-electron chi connectivity index (χ4n) is 3.73. The Morgan fingerprint density at radius 1 is 1.00 bits per heavy atom. The topological polar surface area (TPSA) is 84.7 Å². The second-order valence-corrected chi connectivity index (χ2v) is 8.21. The van der Waals surface area contributed by atoms with Gasteiger partial charge in [-0.1, -0.05) is 59.2 Å². The minimum absolute atomic E-state index is 0.0413. The number of hydrogen-bond donors (Lipinski definition) is 1. The summed E-state index contributed by atoms with van der Waals surface area (Å²) >= 11 is 5.95. The Labute approximate surface area is 200 Å². The smallest absolute Gasteiger partial charge is 0.280 e. The van der Waals surface area contributed by atoms with Crippen molar-refractivity contribution >= 4 is 29.1 Å². The van der Waals surface area contributed by atoms with Crippen LogP contribution < -0.4 is 15.0 Å². The minimum Gasteiger partial charge on any atom is -0.477 e. The summed E-state index contributed by atoms with van der Waals surface area (Å²) < 4.78 is 11.3. The molecule has 0 saturated heterocycles. The summed E-state index contributed by atoms with van der Waals surface area (Å²) in [6.45, 7) is 0.405. The van der Waals surface area contributed by atoms with Crippen molar-refractivity contribution in [2.45, 2.75) is 12.6 Å². The number of benzene rings is 3. The van der Waals surface area contributed by atoms with Crippen LogP contribution in [0.2, 0.25) is 5.02 Å². The van der Waals surface area contributed by atoms with Gasteiger partial charge in [-0.2, -0.15) is 0 Å². The second kappa shape index (κ2) is 9.41. The van der Waals surface area contributed by atoms with E-state index in [1.165, 1.54) is 4.90 Å². The van der Waals surface area contributed by atoms with Gasteiger partial charge >= 0.3 is 0 Å². The molecule has 0 fully saturated rings. The van der Waals surface area contributed by atoms with Crippen LogP contribution >= 0.6 is 11.6 Å². The molecule has 0 spiro atoms. The van der Waals surface area contributed by atoms with Crippen LogP contribution in [0, 0.1) is 0 Å². The third-order valence-electron chi connectivity index (χ3n) is 5.48. The van der Waals surface area contributed by atoms with Gasteiger partial charge in [-0.05, 0) is 42.0 Å². The third-order valence-corrected chi connectivity index (χ3v) is 5.73. The lowest BCUT2D eigenvalue weighted by Gasteiger charge is -2.33. The molecule has 0 aliphatic carbocycles. The number of nitrogens with zero attached hydrogens (tertiary/aromatic N) is 2. The predicted octanol–water partition coefficient (Wildman–Crippen LogP) is 4.72. The molecule has 3 aromatic carbocycles. The van der Waals surface area contributed by atoms with Gasteiger partial charge in [0.1, 0.15) is 5.75 Å². The Balaban J connectivity index is 1.36. The molecule has 1 atom stereocenters. The summed E-state index contributed by atoms with van der Waals surface area (Å²) in [6, 6.07) is 25.3. The van der Waals surface area contributed by atoms with Gasteiger partial charge in [0.15, 0.2) is 17.6 Å². The fourth-order valence-corrected chi connectivity index (χ4v) is 3.85. The van der Waals surface area contributed by atoms with Crippen molar-refractivity contribution < 1.29 is 18.8 Å². The molecule has 0 unspecified atom stereocenters. The van der Waals surface area contributed by atoms with Gasteiger partial charge in [0.2, 0.25) is 0 Å². The SMILES string of the molecule is O=C(NCc1ccccc1)[C@H]1CN(C(=O)c2cc(-c3ccc(Cl)cc3)on2)c2ccccc2O1. The molecule has 7 nitrogen and oxygen atoms in total. The monoisotopic (exact) mass is 473 g/mol.